The fourth-order valence-corrected chi connectivity index (χ4v) is 2.67. The average Bonchev–Trinajstić information content (AvgIpc) is 2.36. The highest BCUT2D eigenvalue weighted by Crippen LogP contribution is 2.29. The molecule has 0 fully saturated rings. The Morgan fingerprint density at radius 3 is 2.39 bits per heavy atom. The molecule has 0 saturated heterocycles. The van der Waals surface area contributed by atoms with Crippen LogP contribution in [0.25, 0.3) is 0 Å². The van der Waals surface area contributed by atoms with Crippen molar-refractivity contribution in [2.75, 3.05) is 0 Å². The Hall–Kier alpha value is -1.07. The third-order valence-corrected chi connectivity index (χ3v) is 4.01. The number of aromatic hydroxyl groups is 1. The van der Waals surface area contributed by atoms with Gasteiger partial charge in [-0.15, -0.1) is 11.8 Å². The molecule has 5 heteroatoms. The van der Waals surface area contributed by atoms with Gasteiger partial charge in [0.1, 0.15) is 17.4 Å². The lowest BCUT2D eigenvalue weighted by Crippen LogP contribution is -1.94. The molecule has 0 aliphatic carbocycles. The van der Waals surface area contributed by atoms with Crippen LogP contribution in [0.5, 0.6) is 5.75 Å². The minimum absolute atomic E-state index is 0.0439. The second-order valence-corrected chi connectivity index (χ2v) is 5.51. The number of hydrogen-bond donors (Lipinski definition) is 1. The molecule has 0 aliphatic rings. The number of rotatable bonds is 3. The van der Waals surface area contributed by atoms with Crippen LogP contribution in [0, 0.1) is 11.6 Å². The highest BCUT2D eigenvalue weighted by Gasteiger charge is 2.12. The summed E-state index contributed by atoms with van der Waals surface area (Å²) in [6.07, 6.45) is 0. The molecule has 0 amide bonds. The number of phenolic OH excluding ortho intramolecular Hbond substituents is 1. The van der Waals surface area contributed by atoms with Crippen LogP contribution in [0.4, 0.5) is 8.78 Å². The lowest BCUT2D eigenvalue weighted by molar-refractivity contribution is 0.475. The van der Waals surface area contributed by atoms with Crippen LogP contribution in [-0.2, 0) is 5.75 Å². The predicted octanol–water partition coefficient (Wildman–Crippen LogP) is 4.73. The third-order valence-electron chi connectivity index (χ3n) is 2.36. The summed E-state index contributed by atoms with van der Waals surface area (Å²) >= 11 is 4.34. The van der Waals surface area contributed by atoms with Crippen molar-refractivity contribution in [3.63, 3.8) is 0 Å². The smallest absolute Gasteiger partial charge is 0.144 e. The largest absolute Gasteiger partial charge is 0.508 e. The van der Waals surface area contributed by atoms with Gasteiger partial charge >= 0.3 is 0 Å². The second kappa shape index (κ2) is 5.71. The first-order valence-corrected chi connectivity index (χ1v) is 6.90. The van der Waals surface area contributed by atoms with E-state index in [0.29, 0.717) is 0 Å². The van der Waals surface area contributed by atoms with E-state index < -0.39 is 11.6 Å². The molecule has 0 bridgehead atoms. The number of halogens is 3. The zero-order valence-electron chi connectivity index (χ0n) is 9.16. The number of phenols is 1. The minimum Gasteiger partial charge on any atom is -0.508 e. The third kappa shape index (κ3) is 3.03. The van der Waals surface area contributed by atoms with Crippen LogP contribution in [0.2, 0.25) is 0 Å². The van der Waals surface area contributed by atoms with E-state index in [1.165, 1.54) is 36.0 Å². The van der Waals surface area contributed by atoms with Crippen molar-refractivity contribution in [2.24, 2.45) is 0 Å². The lowest BCUT2D eigenvalue weighted by Gasteiger charge is -2.06. The summed E-state index contributed by atoms with van der Waals surface area (Å²) in [7, 11) is 0. The maximum atomic E-state index is 13.7. The molecule has 2 aromatic carbocycles. The van der Waals surface area contributed by atoms with Crippen molar-refractivity contribution >= 4 is 27.7 Å². The molecule has 0 atom stereocenters. The van der Waals surface area contributed by atoms with Gasteiger partial charge in [0.25, 0.3) is 0 Å². The summed E-state index contributed by atoms with van der Waals surface area (Å²) in [4.78, 5) is 0.839. The van der Waals surface area contributed by atoms with E-state index in [1.807, 2.05) is 0 Å². The van der Waals surface area contributed by atoms with Gasteiger partial charge in [0.15, 0.2) is 0 Å². The van der Waals surface area contributed by atoms with Gasteiger partial charge in [0, 0.05) is 16.2 Å². The average molecular weight is 331 g/mol. The Bertz CT molecular complexity index is 558. The van der Waals surface area contributed by atoms with Gasteiger partial charge in [0.2, 0.25) is 0 Å². The Labute approximate surface area is 116 Å². The maximum Gasteiger partial charge on any atom is 0.144 e. The molecule has 0 heterocycles. The van der Waals surface area contributed by atoms with E-state index in [2.05, 4.69) is 15.9 Å². The Morgan fingerprint density at radius 2 is 1.72 bits per heavy atom. The van der Waals surface area contributed by atoms with Crippen molar-refractivity contribution in [1.29, 1.82) is 0 Å². The monoisotopic (exact) mass is 330 g/mol. The number of thioether (sulfide) groups is 1. The van der Waals surface area contributed by atoms with Crippen molar-refractivity contribution < 1.29 is 13.9 Å². The summed E-state index contributed by atoms with van der Waals surface area (Å²) in [5.74, 6) is -0.760. The Balaban J connectivity index is 2.15. The molecule has 94 valence electrons. The van der Waals surface area contributed by atoms with Crippen LogP contribution < -0.4 is 0 Å². The minimum atomic E-state index is -0.568. The first kappa shape index (κ1) is 13.4. The molecule has 2 rings (SSSR count). The quantitative estimate of drug-likeness (QED) is 0.648. The summed E-state index contributed by atoms with van der Waals surface area (Å²) in [5, 5.41) is 9.13. The van der Waals surface area contributed by atoms with Gasteiger partial charge in [-0.2, -0.15) is 0 Å². The first-order valence-electron chi connectivity index (χ1n) is 5.12. The number of hydrogen-bond acceptors (Lipinski definition) is 2. The van der Waals surface area contributed by atoms with Gasteiger partial charge in [-0.25, -0.2) is 8.78 Å². The van der Waals surface area contributed by atoms with Gasteiger partial charge in [-0.05, 0) is 52.3 Å². The SMILES string of the molecule is Oc1ccc(SCc2c(F)ccc(Br)c2F)cc1. The molecule has 1 N–H and O–H groups in total. The lowest BCUT2D eigenvalue weighted by atomic mass is 10.2. The summed E-state index contributed by atoms with van der Waals surface area (Å²) in [6, 6.07) is 9.06. The zero-order valence-corrected chi connectivity index (χ0v) is 11.6. The molecular weight excluding hydrogens is 322 g/mol. The molecule has 0 spiro atoms. The van der Waals surface area contributed by atoms with Gasteiger partial charge in [-0.1, -0.05) is 0 Å². The van der Waals surface area contributed by atoms with E-state index in [9.17, 15) is 8.78 Å². The summed E-state index contributed by atoms with van der Waals surface area (Å²) in [5.41, 5.74) is 0.0439. The van der Waals surface area contributed by atoms with Crippen molar-refractivity contribution in [2.45, 2.75) is 10.6 Å². The topological polar surface area (TPSA) is 20.2 Å². The fraction of sp³-hybridized carbons (Fsp3) is 0.0769. The summed E-state index contributed by atoms with van der Waals surface area (Å²) in [6.45, 7) is 0. The number of benzene rings is 2. The molecule has 0 aliphatic heterocycles. The fourth-order valence-electron chi connectivity index (χ4n) is 1.40. The van der Waals surface area contributed by atoms with Crippen LogP contribution in [0.3, 0.4) is 0 Å². The van der Waals surface area contributed by atoms with Crippen LogP contribution in [-0.4, -0.2) is 5.11 Å². The molecular formula is C13H9BrF2OS. The van der Waals surface area contributed by atoms with E-state index in [-0.39, 0.29) is 21.5 Å². The summed E-state index contributed by atoms with van der Waals surface area (Å²) < 4.78 is 27.4. The zero-order chi connectivity index (χ0) is 13.1. The van der Waals surface area contributed by atoms with E-state index in [0.717, 1.165) is 4.90 Å². The van der Waals surface area contributed by atoms with Crippen molar-refractivity contribution in [3.8, 4) is 5.75 Å². The standard InChI is InChI=1S/C13H9BrF2OS/c14-11-5-6-12(15)10(13(11)16)7-18-9-3-1-8(17)2-4-9/h1-6,17H,7H2. The van der Waals surface area contributed by atoms with E-state index in [1.54, 1.807) is 12.1 Å². The van der Waals surface area contributed by atoms with Gasteiger partial charge < -0.3 is 5.11 Å². The molecule has 0 saturated carbocycles. The predicted molar refractivity (Wildman–Crippen MR) is 71.7 cm³/mol. The maximum absolute atomic E-state index is 13.7. The molecule has 1 nitrogen and oxygen atoms in total. The molecule has 0 unspecified atom stereocenters. The van der Waals surface area contributed by atoms with Crippen molar-refractivity contribution in [3.05, 3.63) is 58.1 Å². The highest BCUT2D eigenvalue weighted by molar-refractivity contribution is 9.10. The van der Waals surface area contributed by atoms with Crippen LogP contribution in [0.15, 0.2) is 45.8 Å². The highest BCUT2D eigenvalue weighted by atomic mass is 79.9. The van der Waals surface area contributed by atoms with Crippen LogP contribution >= 0.6 is 27.7 Å². The molecule has 2 aromatic rings. The first-order chi connectivity index (χ1) is 8.58. The van der Waals surface area contributed by atoms with E-state index >= 15 is 0 Å². The second-order valence-electron chi connectivity index (χ2n) is 3.60. The van der Waals surface area contributed by atoms with Gasteiger partial charge in [-0.3, -0.25) is 0 Å². The van der Waals surface area contributed by atoms with Crippen molar-refractivity contribution in [1.82, 2.24) is 0 Å². The molecule has 0 radical (unpaired) electrons. The molecule has 0 aromatic heterocycles. The Kier molecular flexibility index (Phi) is 4.24. The van der Waals surface area contributed by atoms with Gasteiger partial charge in [0.05, 0.1) is 4.47 Å². The normalized spacial score (nSPS) is 10.6. The molecule has 18 heavy (non-hydrogen) atoms. The van der Waals surface area contributed by atoms with Crippen LogP contribution in [0.1, 0.15) is 5.56 Å². The Morgan fingerprint density at radius 1 is 1.06 bits per heavy atom. The van der Waals surface area contributed by atoms with E-state index in [4.69, 9.17) is 5.11 Å².